The molecule has 38 heavy (non-hydrogen) atoms. The van der Waals surface area contributed by atoms with Gasteiger partial charge in [0.05, 0.1) is 29.6 Å². The van der Waals surface area contributed by atoms with Gasteiger partial charge in [-0.05, 0) is 58.6 Å². The number of carbonyl (C=O) groups is 1. The van der Waals surface area contributed by atoms with Crippen molar-refractivity contribution < 1.29 is 18.3 Å². The van der Waals surface area contributed by atoms with Crippen molar-refractivity contribution >= 4 is 11.7 Å². The first kappa shape index (κ1) is 25.9. The molecule has 3 aliphatic rings. The number of piperidine rings is 2. The van der Waals surface area contributed by atoms with Crippen molar-refractivity contribution in [1.29, 1.82) is 0 Å². The molecule has 2 saturated heterocycles. The summed E-state index contributed by atoms with van der Waals surface area (Å²) in [4.78, 5) is 32.2. The van der Waals surface area contributed by atoms with Crippen LogP contribution < -0.4 is 15.8 Å². The number of halogens is 2. The van der Waals surface area contributed by atoms with Gasteiger partial charge >= 0.3 is 0 Å². The number of hydrogen-bond donors (Lipinski definition) is 2. The van der Waals surface area contributed by atoms with Crippen LogP contribution in [0.15, 0.2) is 30.6 Å². The lowest BCUT2D eigenvalue weighted by molar-refractivity contribution is -0.00736. The zero-order valence-corrected chi connectivity index (χ0v) is 21.7. The van der Waals surface area contributed by atoms with E-state index in [2.05, 4.69) is 44.0 Å². The molecule has 0 aromatic carbocycles. The number of nitrogens with two attached hydrogens (primary N) is 1. The van der Waals surface area contributed by atoms with Crippen LogP contribution in [0.1, 0.15) is 56.8 Å². The highest BCUT2D eigenvalue weighted by Crippen LogP contribution is 2.39. The van der Waals surface area contributed by atoms with Gasteiger partial charge in [0.2, 0.25) is 5.88 Å². The number of hydrogen-bond acceptors (Lipinski definition) is 8. The highest BCUT2D eigenvalue weighted by atomic mass is 19.1. The summed E-state index contributed by atoms with van der Waals surface area (Å²) in [6.45, 7) is 7.31. The van der Waals surface area contributed by atoms with Crippen molar-refractivity contribution in [3.05, 3.63) is 47.9 Å². The highest BCUT2D eigenvalue weighted by Gasteiger charge is 2.46. The Labute approximate surface area is 219 Å². The van der Waals surface area contributed by atoms with Gasteiger partial charge in [-0.25, -0.2) is 24.3 Å². The van der Waals surface area contributed by atoms with E-state index in [1.807, 2.05) is 6.92 Å². The molecule has 2 bridgehead atoms. The predicted octanol–water partition coefficient (Wildman–Crippen LogP) is 3.99. The fourth-order valence-corrected chi connectivity index (χ4v) is 5.47. The van der Waals surface area contributed by atoms with Crippen molar-refractivity contribution in [3.8, 4) is 28.5 Å². The van der Waals surface area contributed by atoms with Crippen LogP contribution in [-0.4, -0.2) is 61.5 Å². The number of nitrogens with one attached hydrogen (secondary N) is 1. The monoisotopic (exact) mass is 523 g/mol. The number of nitrogen functional groups attached to an aromatic ring is 1. The molecule has 5 heterocycles. The summed E-state index contributed by atoms with van der Waals surface area (Å²) < 4.78 is 35.5. The third-order valence-corrected chi connectivity index (χ3v) is 7.43. The van der Waals surface area contributed by atoms with E-state index in [9.17, 15) is 9.18 Å². The van der Waals surface area contributed by atoms with Gasteiger partial charge in [0, 0.05) is 36.5 Å². The number of aromatic nitrogens is 4. The van der Waals surface area contributed by atoms with Crippen LogP contribution >= 0.6 is 0 Å². The van der Waals surface area contributed by atoms with E-state index in [0.29, 0.717) is 36.7 Å². The van der Waals surface area contributed by atoms with Gasteiger partial charge in [-0.3, -0.25) is 9.69 Å². The smallest absolute Gasteiger partial charge is 0.256 e. The topological polar surface area (TPSA) is 119 Å². The average molecular weight is 524 g/mol. The molecule has 3 aromatic rings. The summed E-state index contributed by atoms with van der Waals surface area (Å²) >= 11 is 0. The third kappa shape index (κ3) is 4.90. The van der Waals surface area contributed by atoms with Gasteiger partial charge in [-0.15, -0.1) is 0 Å². The number of ether oxygens (including phenoxy) is 1. The molecule has 0 atom stereocenters. The summed E-state index contributed by atoms with van der Waals surface area (Å²) in [5.41, 5.74) is 5.12. The molecule has 3 fully saturated rings. The Bertz CT molecular complexity index is 1340. The van der Waals surface area contributed by atoms with E-state index in [-0.39, 0.29) is 22.6 Å². The van der Waals surface area contributed by atoms with Gasteiger partial charge in [0.25, 0.3) is 11.9 Å². The summed E-state index contributed by atoms with van der Waals surface area (Å²) in [5.74, 6) is -2.51. The summed E-state index contributed by atoms with van der Waals surface area (Å²) in [7, 11) is 0. The Hall–Kier alpha value is -3.73. The number of pyridine rings is 2. The first-order valence-corrected chi connectivity index (χ1v) is 12.9. The van der Waals surface area contributed by atoms with Gasteiger partial charge in [0.15, 0.2) is 11.6 Å². The van der Waals surface area contributed by atoms with Crippen LogP contribution in [-0.2, 0) is 0 Å². The van der Waals surface area contributed by atoms with Crippen LogP contribution in [0.5, 0.6) is 5.88 Å². The van der Waals surface area contributed by atoms with Crippen LogP contribution in [0.3, 0.4) is 0 Å². The molecular weight excluding hydrogens is 492 g/mol. The fraction of sp³-hybridized carbons (Fsp3) is 0.444. The molecule has 1 aliphatic carbocycles. The lowest BCUT2D eigenvalue weighted by Gasteiger charge is -2.54. The Morgan fingerprint density at radius 1 is 1.18 bits per heavy atom. The number of fused-ring (bicyclic) bond motifs is 3. The van der Waals surface area contributed by atoms with Crippen molar-refractivity contribution in [2.75, 3.05) is 18.9 Å². The highest BCUT2D eigenvalue weighted by molar-refractivity contribution is 5.97. The molecule has 3 aromatic heterocycles. The second-order valence-corrected chi connectivity index (χ2v) is 10.2. The Morgan fingerprint density at radius 3 is 2.58 bits per heavy atom. The maximum Gasteiger partial charge on any atom is 0.256 e. The molecule has 3 N–H and O–H groups in total. The lowest BCUT2D eigenvalue weighted by Crippen LogP contribution is -2.66. The zero-order chi connectivity index (χ0) is 27.0. The normalized spacial score (nSPS) is 21.1. The molecule has 0 radical (unpaired) electrons. The van der Waals surface area contributed by atoms with Crippen LogP contribution in [0, 0.1) is 11.8 Å². The zero-order valence-electron chi connectivity index (χ0n) is 21.7. The second-order valence-electron chi connectivity index (χ2n) is 10.2. The summed E-state index contributed by atoms with van der Waals surface area (Å²) in [5, 5.41) is 3.15. The van der Waals surface area contributed by atoms with E-state index in [0.717, 1.165) is 31.9 Å². The molecule has 6 rings (SSSR count). The molecule has 11 heteroatoms. The first-order chi connectivity index (χ1) is 18.2. The number of amides is 1. The number of nitrogens with zero attached hydrogens (tertiary/aromatic N) is 5. The second kappa shape index (κ2) is 10.2. The van der Waals surface area contributed by atoms with Gasteiger partial charge in [-0.2, -0.15) is 4.39 Å². The van der Waals surface area contributed by atoms with Crippen LogP contribution in [0.4, 0.5) is 14.6 Å². The molecule has 0 spiro atoms. The molecule has 0 unspecified atom stereocenters. The van der Waals surface area contributed by atoms with E-state index in [1.165, 1.54) is 12.3 Å². The molecular formula is C27H31F2N7O2. The Kier molecular flexibility index (Phi) is 6.95. The van der Waals surface area contributed by atoms with Crippen molar-refractivity contribution in [1.82, 2.24) is 30.2 Å². The Morgan fingerprint density at radius 2 is 1.95 bits per heavy atom. The molecule has 200 valence electrons. The van der Waals surface area contributed by atoms with Crippen molar-refractivity contribution in [2.24, 2.45) is 0 Å². The quantitative estimate of drug-likeness (QED) is 0.477. The molecule has 2 aliphatic heterocycles. The SMILES string of the molecule is CCOc1ccc(-c2cc(C(=O)NC34CCC(CC3)N(C(C)C)C4)c(F)c(-c3cnc(N)c(F)n3)n2)cn1. The van der Waals surface area contributed by atoms with E-state index >= 15 is 4.39 Å². The van der Waals surface area contributed by atoms with Gasteiger partial charge in [0.1, 0.15) is 11.4 Å². The minimum Gasteiger partial charge on any atom is -0.478 e. The predicted molar refractivity (Wildman–Crippen MR) is 138 cm³/mol. The first-order valence-electron chi connectivity index (χ1n) is 12.9. The summed E-state index contributed by atoms with van der Waals surface area (Å²) in [6, 6.07) is 5.61. The lowest BCUT2D eigenvalue weighted by atomic mass is 9.73. The van der Waals surface area contributed by atoms with E-state index < -0.39 is 29.0 Å². The number of carbonyl (C=O) groups excluding carboxylic acids is 1. The van der Waals surface area contributed by atoms with Gasteiger partial charge in [-0.1, -0.05) is 0 Å². The van der Waals surface area contributed by atoms with Crippen molar-refractivity contribution in [2.45, 2.75) is 64.1 Å². The largest absolute Gasteiger partial charge is 0.478 e. The van der Waals surface area contributed by atoms with Crippen molar-refractivity contribution in [3.63, 3.8) is 0 Å². The number of anilines is 1. The van der Waals surface area contributed by atoms with Crippen LogP contribution in [0.2, 0.25) is 0 Å². The molecule has 9 nitrogen and oxygen atoms in total. The number of rotatable bonds is 7. The molecule has 1 saturated carbocycles. The van der Waals surface area contributed by atoms with E-state index in [1.54, 1.807) is 12.1 Å². The Balaban J connectivity index is 1.55. The average Bonchev–Trinajstić information content (AvgIpc) is 2.91. The standard InChI is InChI=1S/C27H31F2N7O2/c1-4-38-21-6-5-16(12-31-21)19-11-18(22(28)23(33-19)20-13-32-25(30)24(29)34-20)26(37)35-27-9-7-17(8-10-27)36(14-27)15(2)3/h5-6,11-13,15,17H,4,7-10,14H2,1-3H3,(H2,30,32)(H,35,37). The van der Waals surface area contributed by atoms with E-state index in [4.69, 9.17) is 10.5 Å². The minimum atomic E-state index is -1.05. The minimum absolute atomic E-state index is 0.175. The fourth-order valence-electron chi connectivity index (χ4n) is 5.47. The van der Waals surface area contributed by atoms with Crippen LogP contribution in [0.25, 0.3) is 22.6 Å². The maximum absolute atomic E-state index is 15.9. The van der Waals surface area contributed by atoms with Gasteiger partial charge < -0.3 is 15.8 Å². The maximum atomic E-state index is 15.9. The molecule has 1 amide bonds. The summed E-state index contributed by atoms with van der Waals surface area (Å²) in [6.07, 6.45) is 6.27. The third-order valence-electron chi connectivity index (χ3n) is 7.43.